The molecule has 0 saturated carbocycles. The van der Waals surface area contributed by atoms with Crippen molar-refractivity contribution in [3.8, 4) is 5.75 Å². The molecule has 0 bridgehead atoms. The van der Waals surface area contributed by atoms with Crippen molar-refractivity contribution in [2.45, 2.75) is 6.61 Å². The van der Waals surface area contributed by atoms with Crippen LogP contribution in [0, 0.1) is 0 Å². The molecule has 0 aliphatic carbocycles. The first kappa shape index (κ1) is 12.5. The summed E-state index contributed by atoms with van der Waals surface area (Å²) in [5, 5.41) is 0.653. The summed E-state index contributed by atoms with van der Waals surface area (Å²) in [5.41, 5.74) is 6.53. The van der Waals surface area contributed by atoms with Crippen LogP contribution < -0.4 is 10.5 Å². The molecule has 92 valence electrons. The minimum atomic E-state index is -0.453. The molecular weight excluding hydrogens is 250 g/mol. The zero-order valence-electron chi connectivity index (χ0n) is 9.60. The fourth-order valence-corrected chi connectivity index (χ4v) is 1.70. The van der Waals surface area contributed by atoms with Gasteiger partial charge in [-0.3, -0.25) is 4.79 Å². The number of carbonyl (C=O) groups is 1. The summed E-state index contributed by atoms with van der Waals surface area (Å²) in [6, 6.07) is 14.1. The van der Waals surface area contributed by atoms with Gasteiger partial charge in [-0.15, -0.1) is 0 Å². The van der Waals surface area contributed by atoms with Crippen LogP contribution in [0.2, 0.25) is 5.02 Å². The van der Waals surface area contributed by atoms with Gasteiger partial charge in [-0.25, -0.2) is 0 Å². The standard InChI is InChI=1S/C14H12ClNO2/c15-11-5-7-12(8-6-11)18-9-10-3-1-2-4-13(10)14(16)17/h1-8H,9H2,(H2,16,17). The first-order valence-electron chi connectivity index (χ1n) is 5.43. The summed E-state index contributed by atoms with van der Waals surface area (Å²) in [4.78, 5) is 11.2. The Kier molecular flexibility index (Phi) is 3.85. The molecule has 0 heterocycles. The average molecular weight is 262 g/mol. The molecule has 4 heteroatoms. The first-order chi connectivity index (χ1) is 8.66. The Morgan fingerprint density at radius 1 is 1.11 bits per heavy atom. The predicted molar refractivity (Wildman–Crippen MR) is 70.7 cm³/mol. The zero-order chi connectivity index (χ0) is 13.0. The second kappa shape index (κ2) is 5.56. The number of primary amides is 1. The van der Waals surface area contributed by atoms with Crippen LogP contribution in [-0.4, -0.2) is 5.91 Å². The van der Waals surface area contributed by atoms with E-state index < -0.39 is 5.91 Å². The van der Waals surface area contributed by atoms with Crippen molar-refractivity contribution >= 4 is 17.5 Å². The third kappa shape index (κ3) is 3.02. The number of carbonyl (C=O) groups excluding carboxylic acids is 1. The van der Waals surface area contributed by atoms with E-state index in [0.717, 1.165) is 5.56 Å². The summed E-state index contributed by atoms with van der Waals surface area (Å²) in [5.74, 6) is 0.240. The summed E-state index contributed by atoms with van der Waals surface area (Å²) in [6.07, 6.45) is 0. The van der Waals surface area contributed by atoms with Crippen molar-refractivity contribution in [3.05, 3.63) is 64.7 Å². The van der Waals surface area contributed by atoms with E-state index in [0.29, 0.717) is 22.9 Å². The van der Waals surface area contributed by atoms with Crippen molar-refractivity contribution in [2.24, 2.45) is 5.73 Å². The van der Waals surface area contributed by atoms with Gasteiger partial charge < -0.3 is 10.5 Å². The topological polar surface area (TPSA) is 52.3 Å². The highest BCUT2D eigenvalue weighted by molar-refractivity contribution is 6.30. The lowest BCUT2D eigenvalue weighted by atomic mass is 10.1. The molecule has 2 rings (SSSR count). The van der Waals surface area contributed by atoms with E-state index in [1.54, 1.807) is 36.4 Å². The summed E-state index contributed by atoms with van der Waals surface area (Å²) < 4.78 is 5.57. The maximum Gasteiger partial charge on any atom is 0.249 e. The predicted octanol–water partition coefficient (Wildman–Crippen LogP) is 3.02. The number of halogens is 1. The van der Waals surface area contributed by atoms with E-state index in [1.807, 2.05) is 12.1 Å². The lowest BCUT2D eigenvalue weighted by Gasteiger charge is -2.09. The quantitative estimate of drug-likeness (QED) is 0.920. The summed E-state index contributed by atoms with van der Waals surface area (Å²) in [6.45, 7) is 0.292. The van der Waals surface area contributed by atoms with Crippen molar-refractivity contribution in [1.29, 1.82) is 0 Å². The number of benzene rings is 2. The van der Waals surface area contributed by atoms with Gasteiger partial charge in [0.15, 0.2) is 0 Å². The Morgan fingerprint density at radius 3 is 2.44 bits per heavy atom. The van der Waals surface area contributed by atoms with E-state index in [-0.39, 0.29) is 0 Å². The number of nitrogens with two attached hydrogens (primary N) is 1. The van der Waals surface area contributed by atoms with Gasteiger partial charge in [-0.2, -0.15) is 0 Å². The number of rotatable bonds is 4. The molecule has 0 aliphatic rings. The Bertz CT molecular complexity index is 552. The molecule has 3 nitrogen and oxygen atoms in total. The SMILES string of the molecule is NC(=O)c1ccccc1COc1ccc(Cl)cc1. The Morgan fingerprint density at radius 2 is 1.78 bits per heavy atom. The van der Waals surface area contributed by atoms with Crippen LogP contribution in [0.15, 0.2) is 48.5 Å². The highest BCUT2D eigenvalue weighted by Gasteiger charge is 2.07. The second-order valence-electron chi connectivity index (χ2n) is 3.76. The van der Waals surface area contributed by atoms with Gasteiger partial charge >= 0.3 is 0 Å². The molecule has 18 heavy (non-hydrogen) atoms. The van der Waals surface area contributed by atoms with Crippen LogP contribution in [0.1, 0.15) is 15.9 Å². The van der Waals surface area contributed by atoms with Gasteiger partial charge in [0.1, 0.15) is 12.4 Å². The average Bonchev–Trinajstić information content (AvgIpc) is 2.38. The first-order valence-corrected chi connectivity index (χ1v) is 5.80. The fraction of sp³-hybridized carbons (Fsp3) is 0.0714. The van der Waals surface area contributed by atoms with Crippen LogP contribution in [0.5, 0.6) is 5.75 Å². The van der Waals surface area contributed by atoms with Gasteiger partial charge in [0.05, 0.1) is 0 Å². The molecule has 0 spiro atoms. The Labute approximate surface area is 110 Å². The molecule has 0 unspecified atom stereocenters. The minimum Gasteiger partial charge on any atom is -0.489 e. The molecule has 0 radical (unpaired) electrons. The van der Waals surface area contributed by atoms with Gasteiger partial charge in [0.2, 0.25) is 5.91 Å². The molecule has 0 atom stereocenters. The molecular formula is C14H12ClNO2. The number of hydrogen-bond donors (Lipinski definition) is 1. The van der Waals surface area contributed by atoms with Crippen LogP contribution in [-0.2, 0) is 6.61 Å². The van der Waals surface area contributed by atoms with Gasteiger partial charge in [-0.05, 0) is 30.3 Å². The zero-order valence-corrected chi connectivity index (χ0v) is 10.4. The molecule has 2 aromatic rings. The Hall–Kier alpha value is -2.00. The van der Waals surface area contributed by atoms with E-state index in [9.17, 15) is 4.79 Å². The molecule has 2 aromatic carbocycles. The van der Waals surface area contributed by atoms with E-state index in [4.69, 9.17) is 22.1 Å². The van der Waals surface area contributed by atoms with Gasteiger partial charge in [0, 0.05) is 16.1 Å². The van der Waals surface area contributed by atoms with Crippen molar-refractivity contribution in [3.63, 3.8) is 0 Å². The van der Waals surface area contributed by atoms with Crippen molar-refractivity contribution < 1.29 is 9.53 Å². The number of ether oxygens (including phenoxy) is 1. The molecule has 0 saturated heterocycles. The summed E-state index contributed by atoms with van der Waals surface area (Å²) >= 11 is 5.78. The molecule has 0 aromatic heterocycles. The fourth-order valence-electron chi connectivity index (χ4n) is 1.58. The number of hydrogen-bond acceptors (Lipinski definition) is 2. The van der Waals surface area contributed by atoms with Crippen LogP contribution >= 0.6 is 11.6 Å². The smallest absolute Gasteiger partial charge is 0.249 e. The van der Waals surface area contributed by atoms with Crippen LogP contribution in [0.4, 0.5) is 0 Å². The molecule has 1 amide bonds. The second-order valence-corrected chi connectivity index (χ2v) is 4.20. The molecule has 0 aliphatic heterocycles. The lowest BCUT2D eigenvalue weighted by molar-refractivity contribution is 0.0998. The van der Waals surface area contributed by atoms with Crippen molar-refractivity contribution in [2.75, 3.05) is 0 Å². The van der Waals surface area contributed by atoms with Gasteiger partial charge in [0.25, 0.3) is 0 Å². The maximum atomic E-state index is 11.2. The third-order valence-corrected chi connectivity index (χ3v) is 2.74. The minimum absolute atomic E-state index is 0.292. The largest absolute Gasteiger partial charge is 0.489 e. The summed E-state index contributed by atoms with van der Waals surface area (Å²) in [7, 11) is 0. The van der Waals surface area contributed by atoms with Crippen molar-refractivity contribution in [1.82, 2.24) is 0 Å². The van der Waals surface area contributed by atoms with Crippen LogP contribution in [0.25, 0.3) is 0 Å². The van der Waals surface area contributed by atoms with Gasteiger partial charge in [-0.1, -0.05) is 29.8 Å². The highest BCUT2D eigenvalue weighted by atomic mass is 35.5. The third-order valence-electron chi connectivity index (χ3n) is 2.49. The van der Waals surface area contributed by atoms with E-state index in [2.05, 4.69) is 0 Å². The van der Waals surface area contributed by atoms with E-state index in [1.165, 1.54) is 0 Å². The molecule has 2 N–H and O–H groups in total. The highest BCUT2D eigenvalue weighted by Crippen LogP contribution is 2.18. The monoisotopic (exact) mass is 261 g/mol. The lowest BCUT2D eigenvalue weighted by Crippen LogP contribution is -2.14. The normalized spacial score (nSPS) is 10.1. The Balaban J connectivity index is 2.10. The maximum absolute atomic E-state index is 11.2. The number of amides is 1. The molecule has 0 fully saturated rings. The van der Waals surface area contributed by atoms with Crippen LogP contribution in [0.3, 0.4) is 0 Å². The van der Waals surface area contributed by atoms with E-state index >= 15 is 0 Å².